The van der Waals surface area contributed by atoms with Crippen LogP contribution < -0.4 is 19.1 Å². The highest BCUT2D eigenvalue weighted by atomic mass is 32.2. The maximum absolute atomic E-state index is 13.6. The Morgan fingerprint density at radius 2 is 1.39 bits per heavy atom. The van der Waals surface area contributed by atoms with Crippen molar-refractivity contribution < 1.29 is 22.7 Å². The van der Waals surface area contributed by atoms with Gasteiger partial charge in [0.15, 0.2) is 11.5 Å². The van der Waals surface area contributed by atoms with Crippen molar-refractivity contribution in [2.45, 2.75) is 13.0 Å². The smallest absolute Gasteiger partial charge is 0.254 e. The number of ether oxygens (including phenoxy) is 2. The number of nitrogens with zero attached hydrogens (tertiary/aromatic N) is 1. The molecule has 0 saturated carbocycles. The fourth-order valence-electron chi connectivity index (χ4n) is 3.70. The number of nitrogens with one attached hydrogen (secondary N) is 1. The predicted molar refractivity (Wildman–Crippen MR) is 130 cm³/mol. The van der Waals surface area contributed by atoms with E-state index in [1.54, 1.807) is 6.92 Å². The van der Waals surface area contributed by atoms with Gasteiger partial charge in [-0.1, -0.05) is 60.7 Å². The number of hydrogen-bond acceptors (Lipinski definition) is 5. The van der Waals surface area contributed by atoms with Crippen molar-refractivity contribution in [3.05, 3.63) is 89.5 Å². The lowest BCUT2D eigenvalue weighted by atomic mass is 9.98. The summed E-state index contributed by atoms with van der Waals surface area (Å²) in [6.45, 7) is 1.85. The van der Waals surface area contributed by atoms with Gasteiger partial charge in [0.1, 0.15) is 0 Å². The Labute approximate surface area is 195 Å². The molecular weight excluding hydrogens is 440 g/mol. The molecule has 0 unspecified atom stereocenters. The number of carbonyl (C=O) groups excluding carboxylic acids is 1. The summed E-state index contributed by atoms with van der Waals surface area (Å²) in [6.07, 6.45) is 1.10. The van der Waals surface area contributed by atoms with E-state index in [1.807, 2.05) is 60.7 Å². The maximum Gasteiger partial charge on any atom is 0.254 e. The summed E-state index contributed by atoms with van der Waals surface area (Å²) in [5, 5.41) is 3.07. The van der Waals surface area contributed by atoms with Crippen LogP contribution in [0.1, 0.15) is 34.5 Å². The van der Waals surface area contributed by atoms with Crippen molar-refractivity contribution in [3.63, 3.8) is 0 Å². The quantitative estimate of drug-likeness (QED) is 0.513. The molecular formula is C25H28N2O5S. The second kappa shape index (κ2) is 10.4. The first-order valence-corrected chi connectivity index (χ1v) is 12.3. The molecule has 3 rings (SSSR count). The fraction of sp³-hybridized carbons (Fsp3) is 0.240. The van der Waals surface area contributed by atoms with E-state index in [1.165, 1.54) is 30.7 Å². The number of rotatable bonds is 9. The number of amides is 1. The van der Waals surface area contributed by atoms with E-state index >= 15 is 0 Å². The maximum atomic E-state index is 13.6. The highest BCUT2D eigenvalue weighted by Gasteiger charge is 2.27. The van der Waals surface area contributed by atoms with Crippen LogP contribution in [0.25, 0.3) is 0 Å². The van der Waals surface area contributed by atoms with Crippen LogP contribution in [0.3, 0.4) is 0 Å². The van der Waals surface area contributed by atoms with Crippen molar-refractivity contribution in [3.8, 4) is 11.5 Å². The average molecular weight is 469 g/mol. The molecule has 0 atom stereocenters. The lowest BCUT2D eigenvalue weighted by molar-refractivity contribution is 0.0943. The molecule has 0 aromatic heterocycles. The molecule has 0 radical (unpaired) electrons. The van der Waals surface area contributed by atoms with Gasteiger partial charge in [-0.2, -0.15) is 0 Å². The molecule has 0 aliphatic carbocycles. The van der Waals surface area contributed by atoms with Crippen molar-refractivity contribution >= 4 is 21.6 Å². The van der Waals surface area contributed by atoms with E-state index in [0.717, 1.165) is 17.4 Å². The molecule has 0 fully saturated rings. The molecule has 0 aliphatic heterocycles. The molecule has 0 heterocycles. The van der Waals surface area contributed by atoms with Crippen molar-refractivity contribution in [1.29, 1.82) is 0 Å². The van der Waals surface area contributed by atoms with Crippen molar-refractivity contribution in [2.75, 3.05) is 31.3 Å². The minimum absolute atomic E-state index is 0.148. The second-order valence-electron chi connectivity index (χ2n) is 7.38. The molecule has 3 aromatic rings. The Morgan fingerprint density at radius 1 is 0.909 bits per heavy atom. The summed E-state index contributed by atoms with van der Waals surface area (Å²) in [4.78, 5) is 13.6. The third-order valence-corrected chi connectivity index (χ3v) is 6.50. The summed E-state index contributed by atoms with van der Waals surface area (Å²) in [7, 11) is -0.725. The molecule has 0 bridgehead atoms. The zero-order valence-corrected chi connectivity index (χ0v) is 19.9. The van der Waals surface area contributed by atoms with Crippen LogP contribution in [0.2, 0.25) is 0 Å². The van der Waals surface area contributed by atoms with Gasteiger partial charge < -0.3 is 14.8 Å². The number of carbonyl (C=O) groups is 1. The third-order valence-electron chi connectivity index (χ3n) is 5.24. The minimum atomic E-state index is -3.64. The Balaban J connectivity index is 2.12. The lowest BCUT2D eigenvalue weighted by Gasteiger charge is -2.26. The summed E-state index contributed by atoms with van der Waals surface area (Å²) in [5.41, 5.74) is 2.18. The van der Waals surface area contributed by atoms with Gasteiger partial charge in [-0.05, 0) is 24.1 Å². The van der Waals surface area contributed by atoms with Gasteiger partial charge in [0, 0.05) is 12.6 Å². The van der Waals surface area contributed by atoms with E-state index in [9.17, 15) is 13.2 Å². The van der Waals surface area contributed by atoms with Gasteiger partial charge in [0.05, 0.1) is 37.8 Å². The topological polar surface area (TPSA) is 84.9 Å². The molecule has 0 saturated heterocycles. The zero-order valence-electron chi connectivity index (χ0n) is 19.1. The number of anilines is 1. The van der Waals surface area contributed by atoms with Crippen LogP contribution in [0.4, 0.5) is 5.69 Å². The Bertz CT molecular complexity index is 1160. The number of hydrogen-bond donors (Lipinski definition) is 1. The van der Waals surface area contributed by atoms with E-state index in [4.69, 9.17) is 9.47 Å². The molecule has 174 valence electrons. The summed E-state index contributed by atoms with van der Waals surface area (Å²) in [6, 6.07) is 21.7. The Morgan fingerprint density at radius 3 is 1.82 bits per heavy atom. The summed E-state index contributed by atoms with van der Waals surface area (Å²) >= 11 is 0. The molecule has 3 aromatic carbocycles. The minimum Gasteiger partial charge on any atom is -0.493 e. The van der Waals surface area contributed by atoms with E-state index in [2.05, 4.69) is 5.32 Å². The summed E-state index contributed by atoms with van der Waals surface area (Å²) in [5.74, 6) is 0.214. The lowest BCUT2D eigenvalue weighted by Crippen LogP contribution is -2.34. The largest absolute Gasteiger partial charge is 0.493 e. The van der Waals surface area contributed by atoms with Crippen LogP contribution in [0.15, 0.2) is 72.8 Å². The van der Waals surface area contributed by atoms with Gasteiger partial charge in [-0.3, -0.25) is 9.10 Å². The summed E-state index contributed by atoms with van der Waals surface area (Å²) < 4.78 is 36.9. The molecule has 8 heteroatoms. The van der Waals surface area contributed by atoms with Gasteiger partial charge in [-0.25, -0.2) is 8.42 Å². The van der Waals surface area contributed by atoms with Gasteiger partial charge in [0.2, 0.25) is 10.0 Å². The van der Waals surface area contributed by atoms with E-state index in [-0.39, 0.29) is 17.8 Å². The standard InChI is InChI=1S/C25H28N2O5S/c1-5-27(33(4,29)30)21-17-23(32-3)22(31-2)16-20(21)25(28)26-24(18-12-8-6-9-13-18)19-14-10-7-11-15-19/h6-17,24H,5H2,1-4H3,(H,26,28). The second-order valence-corrected chi connectivity index (χ2v) is 9.29. The number of methoxy groups -OCH3 is 2. The van der Waals surface area contributed by atoms with Crippen LogP contribution in [0.5, 0.6) is 11.5 Å². The van der Waals surface area contributed by atoms with Crippen molar-refractivity contribution in [2.24, 2.45) is 0 Å². The molecule has 33 heavy (non-hydrogen) atoms. The molecule has 1 amide bonds. The fourth-order valence-corrected chi connectivity index (χ4v) is 4.68. The molecule has 0 spiro atoms. The monoisotopic (exact) mass is 468 g/mol. The van der Waals surface area contributed by atoms with E-state index < -0.39 is 22.0 Å². The van der Waals surface area contributed by atoms with Crippen molar-refractivity contribution in [1.82, 2.24) is 5.32 Å². The molecule has 7 nitrogen and oxygen atoms in total. The average Bonchev–Trinajstić information content (AvgIpc) is 2.82. The first-order valence-electron chi connectivity index (χ1n) is 10.4. The molecule has 1 N–H and O–H groups in total. The van der Waals surface area contributed by atoms with Gasteiger partial charge in [-0.15, -0.1) is 0 Å². The third kappa shape index (κ3) is 5.46. The highest BCUT2D eigenvalue weighted by molar-refractivity contribution is 7.92. The predicted octanol–water partition coefficient (Wildman–Crippen LogP) is 4.01. The van der Waals surface area contributed by atoms with Gasteiger partial charge in [0.25, 0.3) is 5.91 Å². The molecule has 0 aliphatic rings. The first-order chi connectivity index (χ1) is 15.8. The zero-order chi connectivity index (χ0) is 24.0. The number of sulfonamides is 1. The highest BCUT2D eigenvalue weighted by Crippen LogP contribution is 2.36. The first kappa shape index (κ1) is 24.1. The Hall–Kier alpha value is -3.52. The van der Waals surface area contributed by atoms with E-state index in [0.29, 0.717) is 11.5 Å². The van der Waals surface area contributed by atoms with Crippen LogP contribution in [-0.2, 0) is 10.0 Å². The van der Waals surface area contributed by atoms with Crippen LogP contribution >= 0.6 is 0 Å². The van der Waals surface area contributed by atoms with Crippen LogP contribution in [0, 0.1) is 0 Å². The SMILES string of the molecule is CCN(c1cc(OC)c(OC)cc1C(=O)NC(c1ccccc1)c1ccccc1)S(C)(=O)=O. The van der Waals surface area contributed by atoms with Gasteiger partial charge >= 0.3 is 0 Å². The Kier molecular flexibility index (Phi) is 7.60. The van der Waals surface area contributed by atoms with Crippen LogP contribution in [-0.4, -0.2) is 41.3 Å². The normalized spacial score (nSPS) is 11.2. The number of benzene rings is 3.